The molecule has 1 unspecified atom stereocenters. The molecular formula is C19H23NRu-6. The van der Waals surface area contributed by atoms with Crippen LogP contribution in [0.15, 0.2) is 92.6 Å². The summed E-state index contributed by atoms with van der Waals surface area (Å²) in [4.78, 5) is 2.27. The predicted octanol–water partition coefficient (Wildman–Crippen LogP) is 4.71. The molecule has 0 aromatic heterocycles. The summed E-state index contributed by atoms with van der Waals surface area (Å²) in [6, 6.07) is 18.6. The zero-order valence-corrected chi connectivity index (χ0v) is 14.1. The molecule has 0 heterocycles. The van der Waals surface area contributed by atoms with Crippen LogP contribution in [0.1, 0.15) is 11.6 Å². The minimum absolute atomic E-state index is 0. The van der Waals surface area contributed by atoms with Gasteiger partial charge in [-0.25, -0.2) is 12.1 Å². The predicted molar refractivity (Wildman–Crippen MR) is 89.0 cm³/mol. The molecule has 0 aliphatic carbocycles. The van der Waals surface area contributed by atoms with E-state index in [9.17, 15) is 0 Å². The maximum atomic E-state index is 3.89. The second-order valence-electron chi connectivity index (χ2n) is 4.39. The summed E-state index contributed by atoms with van der Waals surface area (Å²) in [7, 11) is 0. The topological polar surface area (TPSA) is 3.24 Å². The molecule has 2 rings (SSSR count). The Morgan fingerprint density at radius 3 is 1.67 bits per heavy atom. The normalized spacial score (nSPS) is 10.7. The summed E-state index contributed by atoms with van der Waals surface area (Å²) in [5, 5.41) is 0. The monoisotopic (exact) mass is 367 g/mol. The molecule has 2 aromatic carbocycles. The average molecular weight is 366 g/mol. The van der Waals surface area contributed by atoms with Crippen LogP contribution in [0.2, 0.25) is 0 Å². The van der Waals surface area contributed by atoms with Crippen LogP contribution in [0.3, 0.4) is 0 Å². The van der Waals surface area contributed by atoms with Crippen molar-refractivity contribution in [3.05, 3.63) is 98.1 Å². The third-order valence-electron chi connectivity index (χ3n) is 2.93. The van der Waals surface area contributed by atoms with Gasteiger partial charge >= 0.3 is 0 Å². The van der Waals surface area contributed by atoms with Crippen molar-refractivity contribution in [2.45, 2.75) is 6.04 Å². The summed E-state index contributed by atoms with van der Waals surface area (Å²) in [6.45, 7) is 13.1. The van der Waals surface area contributed by atoms with E-state index in [4.69, 9.17) is 0 Å². The van der Waals surface area contributed by atoms with Crippen LogP contribution in [0.4, 0.5) is 0 Å². The van der Waals surface area contributed by atoms with Crippen molar-refractivity contribution in [2.75, 3.05) is 13.1 Å². The minimum atomic E-state index is 0. The third kappa shape index (κ3) is 7.17. The summed E-state index contributed by atoms with van der Waals surface area (Å²) in [6.07, 6.45) is 5.77. The first-order chi connectivity index (χ1) is 9.83. The second kappa shape index (κ2) is 12.3. The first-order valence-electron chi connectivity index (χ1n) is 6.80. The quantitative estimate of drug-likeness (QED) is 0.390. The third-order valence-corrected chi connectivity index (χ3v) is 2.93. The Kier molecular flexibility index (Phi) is 11.4. The largest absolute Gasteiger partial charge is 0.748 e. The smallest absolute Gasteiger partial charge is 0.0162 e. The van der Waals surface area contributed by atoms with Gasteiger partial charge in [0.15, 0.2) is 0 Å². The summed E-state index contributed by atoms with van der Waals surface area (Å²) in [5.74, 6) is 0. The summed E-state index contributed by atoms with van der Waals surface area (Å²) >= 11 is 0. The molecule has 0 amide bonds. The van der Waals surface area contributed by atoms with Crippen LogP contribution in [0.25, 0.3) is 0 Å². The van der Waals surface area contributed by atoms with Gasteiger partial charge in [-0.05, 0) is 0 Å². The molecule has 0 bridgehead atoms. The molecule has 2 aromatic rings. The Balaban J connectivity index is 0.000000562. The Bertz CT molecular complexity index is 440. The summed E-state index contributed by atoms with van der Waals surface area (Å²) in [5.41, 5.74) is 1.27. The van der Waals surface area contributed by atoms with Gasteiger partial charge in [-0.2, -0.15) is 12.1 Å². The standard InChI is InChI=1S/C14H18N.C5H5.Ru/c1-4-11-15(12-5-2)14(6-3)13-9-7-8-10-13;1-2-4-5-3-1;/h4-10,14H,1-3,11-12H2;1-5H;/q-1;-5;. The molecule has 0 spiro atoms. The van der Waals surface area contributed by atoms with E-state index in [1.165, 1.54) is 5.56 Å². The molecule has 0 saturated heterocycles. The van der Waals surface area contributed by atoms with E-state index >= 15 is 0 Å². The Labute approximate surface area is 141 Å². The fourth-order valence-electron chi connectivity index (χ4n) is 2.04. The molecule has 0 saturated carbocycles. The fraction of sp³-hybridized carbons (Fsp3) is 0.158. The van der Waals surface area contributed by atoms with Gasteiger partial charge in [0, 0.05) is 38.6 Å². The molecule has 2 heteroatoms. The molecule has 1 nitrogen and oxygen atoms in total. The van der Waals surface area contributed by atoms with Crippen molar-refractivity contribution >= 4 is 0 Å². The maximum absolute atomic E-state index is 3.89. The van der Waals surface area contributed by atoms with E-state index < -0.39 is 0 Å². The molecule has 1 atom stereocenters. The van der Waals surface area contributed by atoms with Crippen molar-refractivity contribution in [2.24, 2.45) is 0 Å². The molecule has 0 radical (unpaired) electrons. The Hall–Kier alpha value is -1.50. The van der Waals surface area contributed by atoms with E-state index in [0.29, 0.717) is 0 Å². The fourth-order valence-corrected chi connectivity index (χ4v) is 2.04. The zero-order chi connectivity index (χ0) is 14.6. The first-order valence-corrected chi connectivity index (χ1v) is 6.80. The SMILES string of the molecule is C=CCN(CC=C)C(C=C)[c-]1cccc1.[Ru].[cH-]1[cH-][cH-][cH-][cH-]1. The van der Waals surface area contributed by atoms with Crippen LogP contribution in [-0.4, -0.2) is 18.0 Å². The minimum Gasteiger partial charge on any atom is -0.748 e. The molecule has 0 fully saturated rings. The van der Waals surface area contributed by atoms with E-state index in [-0.39, 0.29) is 25.5 Å². The second-order valence-corrected chi connectivity index (χ2v) is 4.39. The van der Waals surface area contributed by atoms with Gasteiger partial charge < -0.3 is 30.3 Å². The van der Waals surface area contributed by atoms with Crippen molar-refractivity contribution in [3.63, 3.8) is 0 Å². The van der Waals surface area contributed by atoms with Crippen LogP contribution in [-0.2, 0) is 19.5 Å². The summed E-state index contributed by atoms with van der Waals surface area (Å²) < 4.78 is 0. The maximum Gasteiger partial charge on any atom is 0.0162 e. The van der Waals surface area contributed by atoms with Gasteiger partial charge in [-0.15, -0.1) is 25.3 Å². The number of rotatable bonds is 7. The molecule has 0 aliphatic rings. The van der Waals surface area contributed by atoms with Crippen molar-refractivity contribution in [1.82, 2.24) is 4.90 Å². The molecule has 21 heavy (non-hydrogen) atoms. The van der Waals surface area contributed by atoms with Crippen molar-refractivity contribution < 1.29 is 19.5 Å². The Morgan fingerprint density at radius 1 is 0.905 bits per heavy atom. The first kappa shape index (κ1) is 19.5. The van der Waals surface area contributed by atoms with E-state index in [2.05, 4.69) is 36.8 Å². The van der Waals surface area contributed by atoms with Crippen LogP contribution in [0, 0.1) is 0 Å². The van der Waals surface area contributed by atoms with Crippen molar-refractivity contribution in [3.8, 4) is 0 Å². The van der Waals surface area contributed by atoms with Crippen LogP contribution >= 0.6 is 0 Å². The molecule has 0 aliphatic heterocycles. The van der Waals surface area contributed by atoms with Gasteiger partial charge in [0.05, 0.1) is 0 Å². The van der Waals surface area contributed by atoms with Crippen molar-refractivity contribution in [1.29, 1.82) is 0 Å². The van der Waals surface area contributed by atoms with Gasteiger partial charge in [-0.1, -0.05) is 18.2 Å². The number of hydrogen-bond donors (Lipinski definition) is 0. The molecular weight excluding hydrogens is 343 g/mol. The zero-order valence-electron chi connectivity index (χ0n) is 12.3. The van der Waals surface area contributed by atoms with Gasteiger partial charge in [0.1, 0.15) is 0 Å². The molecule has 118 valence electrons. The van der Waals surface area contributed by atoms with E-state index in [1.807, 2.05) is 60.7 Å². The van der Waals surface area contributed by atoms with Crippen LogP contribution in [0.5, 0.6) is 0 Å². The number of nitrogens with zero attached hydrogens (tertiary/aromatic N) is 1. The molecule has 0 N–H and O–H groups in total. The van der Waals surface area contributed by atoms with Gasteiger partial charge in [0.2, 0.25) is 0 Å². The number of hydrogen-bond acceptors (Lipinski definition) is 1. The van der Waals surface area contributed by atoms with Gasteiger partial charge in [-0.3, -0.25) is 4.90 Å². The van der Waals surface area contributed by atoms with Gasteiger partial charge in [0.25, 0.3) is 0 Å². The van der Waals surface area contributed by atoms with E-state index in [0.717, 1.165) is 13.1 Å². The van der Waals surface area contributed by atoms with Crippen LogP contribution < -0.4 is 0 Å². The van der Waals surface area contributed by atoms with E-state index in [1.54, 1.807) is 0 Å². The Morgan fingerprint density at radius 2 is 1.33 bits per heavy atom. The average Bonchev–Trinajstić information content (AvgIpc) is 3.16.